The first kappa shape index (κ1) is 11.6. The monoisotopic (exact) mass is 219 g/mol. The van der Waals surface area contributed by atoms with Crippen LogP contribution >= 0.6 is 0 Å². The van der Waals surface area contributed by atoms with Gasteiger partial charge in [0, 0.05) is 19.1 Å². The molecule has 0 aromatic heterocycles. The molecule has 16 heavy (non-hydrogen) atoms. The number of benzene rings is 1. The van der Waals surface area contributed by atoms with E-state index in [9.17, 15) is 0 Å². The van der Waals surface area contributed by atoms with E-state index in [4.69, 9.17) is 4.74 Å². The summed E-state index contributed by atoms with van der Waals surface area (Å²) in [7, 11) is 2.01. The molecule has 1 saturated heterocycles. The average molecular weight is 219 g/mol. The van der Waals surface area contributed by atoms with Crippen LogP contribution in [0.15, 0.2) is 18.2 Å². The van der Waals surface area contributed by atoms with Crippen LogP contribution in [0.3, 0.4) is 0 Å². The summed E-state index contributed by atoms with van der Waals surface area (Å²) >= 11 is 0. The number of hydrogen-bond donors (Lipinski definition) is 1. The van der Waals surface area contributed by atoms with Crippen molar-refractivity contribution in [2.24, 2.45) is 5.92 Å². The van der Waals surface area contributed by atoms with Crippen LogP contribution in [0.2, 0.25) is 0 Å². The van der Waals surface area contributed by atoms with Crippen molar-refractivity contribution in [2.75, 3.05) is 20.2 Å². The minimum absolute atomic E-state index is 0.283. The highest BCUT2D eigenvalue weighted by Crippen LogP contribution is 2.34. The molecule has 2 rings (SSSR count). The number of aryl methyl sites for hydroxylation is 2. The SMILES string of the molecule is CNCC1CCOC1c1cc(C)cc(C)c1. The third-order valence-electron chi connectivity index (χ3n) is 3.25. The fourth-order valence-corrected chi connectivity index (χ4v) is 2.65. The minimum Gasteiger partial charge on any atom is -0.373 e. The first-order valence-corrected chi connectivity index (χ1v) is 6.05. The van der Waals surface area contributed by atoms with Crippen molar-refractivity contribution in [1.29, 1.82) is 0 Å². The summed E-state index contributed by atoms with van der Waals surface area (Å²) in [6.45, 7) is 6.23. The highest BCUT2D eigenvalue weighted by molar-refractivity contribution is 5.30. The highest BCUT2D eigenvalue weighted by atomic mass is 16.5. The molecule has 0 amide bonds. The second kappa shape index (κ2) is 4.98. The second-order valence-electron chi connectivity index (χ2n) is 4.82. The van der Waals surface area contributed by atoms with E-state index in [0.717, 1.165) is 13.2 Å². The molecule has 2 unspecified atom stereocenters. The predicted octanol–water partition coefficient (Wildman–Crippen LogP) is 2.60. The number of hydrogen-bond acceptors (Lipinski definition) is 2. The van der Waals surface area contributed by atoms with Crippen molar-refractivity contribution in [3.63, 3.8) is 0 Å². The van der Waals surface area contributed by atoms with Gasteiger partial charge in [-0.15, -0.1) is 0 Å². The summed E-state index contributed by atoms with van der Waals surface area (Å²) in [5.41, 5.74) is 4.00. The highest BCUT2D eigenvalue weighted by Gasteiger charge is 2.29. The van der Waals surface area contributed by atoms with Crippen molar-refractivity contribution in [2.45, 2.75) is 26.4 Å². The van der Waals surface area contributed by atoms with E-state index in [-0.39, 0.29) is 6.10 Å². The van der Waals surface area contributed by atoms with Crippen molar-refractivity contribution >= 4 is 0 Å². The summed E-state index contributed by atoms with van der Waals surface area (Å²) in [5.74, 6) is 0.617. The molecule has 0 aliphatic carbocycles. The maximum atomic E-state index is 5.87. The third kappa shape index (κ3) is 2.45. The number of nitrogens with one attached hydrogen (secondary N) is 1. The zero-order valence-electron chi connectivity index (χ0n) is 10.4. The molecule has 88 valence electrons. The Kier molecular flexibility index (Phi) is 3.62. The lowest BCUT2D eigenvalue weighted by molar-refractivity contribution is 0.0909. The van der Waals surface area contributed by atoms with Crippen LogP contribution in [0.25, 0.3) is 0 Å². The first-order chi connectivity index (χ1) is 7.70. The molecule has 1 aromatic rings. The molecule has 1 N–H and O–H groups in total. The van der Waals surface area contributed by atoms with E-state index >= 15 is 0 Å². The molecule has 1 aliphatic rings. The van der Waals surface area contributed by atoms with Gasteiger partial charge in [-0.1, -0.05) is 29.3 Å². The molecule has 1 fully saturated rings. The van der Waals surface area contributed by atoms with Gasteiger partial charge in [-0.25, -0.2) is 0 Å². The predicted molar refractivity (Wildman–Crippen MR) is 66.6 cm³/mol. The lowest BCUT2D eigenvalue weighted by Gasteiger charge is -2.19. The fourth-order valence-electron chi connectivity index (χ4n) is 2.65. The van der Waals surface area contributed by atoms with E-state index in [1.54, 1.807) is 0 Å². The normalized spacial score (nSPS) is 24.9. The van der Waals surface area contributed by atoms with E-state index in [1.165, 1.54) is 23.1 Å². The van der Waals surface area contributed by atoms with Crippen molar-refractivity contribution in [3.05, 3.63) is 34.9 Å². The van der Waals surface area contributed by atoms with Gasteiger partial charge in [-0.2, -0.15) is 0 Å². The van der Waals surface area contributed by atoms with Crippen molar-refractivity contribution in [1.82, 2.24) is 5.32 Å². The Bertz CT molecular complexity index is 342. The Balaban J connectivity index is 2.21. The van der Waals surface area contributed by atoms with Gasteiger partial charge in [0.05, 0.1) is 6.10 Å². The lowest BCUT2D eigenvalue weighted by Crippen LogP contribution is -2.21. The van der Waals surface area contributed by atoms with Crippen LogP contribution in [0, 0.1) is 19.8 Å². The maximum absolute atomic E-state index is 5.87. The van der Waals surface area contributed by atoms with E-state index < -0.39 is 0 Å². The molecule has 2 heteroatoms. The van der Waals surface area contributed by atoms with Crippen LogP contribution in [-0.4, -0.2) is 20.2 Å². The lowest BCUT2D eigenvalue weighted by atomic mass is 9.93. The molecule has 1 aromatic carbocycles. The third-order valence-corrected chi connectivity index (χ3v) is 3.25. The summed E-state index contributed by atoms with van der Waals surface area (Å²) in [6.07, 6.45) is 1.45. The van der Waals surface area contributed by atoms with Gasteiger partial charge in [-0.3, -0.25) is 0 Å². The van der Waals surface area contributed by atoms with Crippen molar-refractivity contribution < 1.29 is 4.74 Å². The average Bonchev–Trinajstić information content (AvgIpc) is 2.65. The number of ether oxygens (including phenoxy) is 1. The van der Waals surface area contributed by atoms with Crippen LogP contribution < -0.4 is 5.32 Å². The molecular weight excluding hydrogens is 198 g/mol. The summed E-state index contributed by atoms with van der Waals surface area (Å²) < 4.78 is 5.87. The molecule has 0 spiro atoms. The van der Waals surface area contributed by atoms with E-state index in [0.29, 0.717) is 5.92 Å². The Morgan fingerprint density at radius 3 is 2.56 bits per heavy atom. The topological polar surface area (TPSA) is 21.3 Å². The van der Waals surface area contributed by atoms with E-state index in [1.807, 2.05) is 7.05 Å². The van der Waals surface area contributed by atoms with Gasteiger partial charge in [0.25, 0.3) is 0 Å². The Morgan fingerprint density at radius 2 is 1.94 bits per heavy atom. The first-order valence-electron chi connectivity index (χ1n) is 6.05. The Hall–Kier alpha value is -0.860. The smallest absolute Gasteiger partial charge is 0.0866 e. The van der Waals surface area contributed by atoms with Gasteiger partial charge in [0.15, 0.2) is 0 Å². The Labute approximate surface area is 98.0 Å². The summed E-state index contributed by atoms with van der Waals surface area (Å²) in [6, 6.07) is 6.73. The molecule has 1 heterocycles. The van der Waals surface area contributed by atoms with Crippen LogP contribution in [-0.2, 0) is 4.74 Å². The number of rotatable bonds is 3. The summed E-state index contributed by atoms with van der Waals surface area (Å²) in [4.78, 5) is 0. The molecule has 1 aliphatic heterocycles. The van der Waals surface area contributed by atoms with Gasteiger partial charge in [0.1, 0.15) is 0 Å². The van der Waals surface area contributed by atoms with Gasteiger partial charge in [-0.05, 0) is 32.9 Å². The maximum Gasteiger partial charge on any atom is 0.0866 e. The Morgan fingerprint density at radius 1 is 1.25 bits per heavy atom. The van der Waals surface area contributed by atoms with Gasteiger partial charge in [0.2, 0.25) is 0 Å². The standard InChI is InChI=1S/C14H21NO/c1-10-6-11(2)8-13(7-10)14-12(9-15-3)4-5-16-14/h6-8,12,14-15H,4-5,9H2,1-3H3. The van der Waals surface area contributed by atoms with Crippen LogP contribution in [0.1, 0.15) is 29.2 Å². The molecule has 2 atom stereocenters. The molecule has 2 nitrogen and oxygen atoms in total. The van der Waals surface area contributed by atoms with Crippen LogP contribution in [0.5, 0.6) is 0 Å². The zero-order valence-corrected chi connectivity index (χ0v) is 10.4. The molecule has 0 bridgehead atoms. The summed E-state index contributed by atoms with van der Waals surface area (Å²) in [5, 5.41) is 3.26. The quantitative estimate of drug-likeness (QED) is 0.843. The van der Waals surface area contributed by atoms with Crippen molar-refractivity contribution in [3.8, 4) is 0 Å². The molecule has 0 saturated carbocycles. The molecular formula is C14H21NO. The van der Waals surface area contributed by atoms with Gasteiger partial charge >= 0.3 is 0 Å². The largest absolute Gasteiger partial charge is 0.373 e. The fraction of sp³-hybridized carbons (Fsp3) is 0.571. The second-order valence-corrected chi connectivity index (χ2v) is 4.82. The minimum atomic E-state index is 0.283. The zero-order chi connectivity index (χ0) is 11.5. The van der Waals surface area contributed by atoms with Gasteiger partial charge < -0.3 is 10.1 Å². The molecule has 0 radical (unpaired) electrons. The van der Waals surface area contributed by atoms with Crippen LogP contribution in [0.4, 0.5) is 0 Å². The van der Waals surface area contributed by atoms with E-state index in [2.05, 4.69) is 37.4 Å².